The molecule has 1 rings (SSSR count). The van der Waals surface area contributed by atoms with Crippen molar-refractivity contribution >= 4 is 23.2 Å². The average molecular weight is 287 g/mol. The summed E-state index contributed by atoms with van der Waals surface area (Å²) in [7, 11) is 0. The van der Waals surface area contributed by atoms with E-state index in [0.717, 1.165) is 0 Å². The predicted molar refractivity (Wildman–Crippen MR) is 62.8 cm³/mol. The van der Waals surface area contributed by atoms with E-state index in [9.17, 15) is 13.9 Å². The van der Waals surface area contributed by atoms with Crippen molar-refractivity contribution < 1.29 is 13.9 Å². The van der Waals surface area contributed by atoms with E-state index in [2.05, 4.69) is 5.10 Å². The monoisotopic (exact) mass is 286 g/mol. The maximum Gasteiger partial charge on any atom is 0.347 e. The summed E-state index contributed by atoms with van der Waals surface area (Å²) in [6.07, 6.45) is -1.70. The fourth-order valence-electron chi connectivity index (χ4n) is 1.51. The van der Waals surface area contributed by atoms with Gasteiger partial charge in [-0.2, -0.15) is 13.9 Å². The van der Waals surface area contributed by atoms with E-state index >= 15 is 0 Å². The first-order valence-electron chi connectivity index (χ1n) is 5.30. The van der Waals surface area contributed by atoms with E-state index in [1.165, 1.54) is 4.68 Å². The molecule has 1 heterocycles. The zero-order chi connectivity index (χ0) is 13.2. The Bertz CT molecular complexity index is 390. The number of hydrogen-bond donors (Lipinski definition) is 1. The molecule has 0 radical (unpaired) electrons. The van der Waals surface area contributed by atoms with Crippen molar-refractivity contribution in [1.82, 2.24) is 9.78 Å². The van der Waals surface area contributed by atoms with Crippen LogP contribution in [0.15, 0.2) is 0 Å². The van der Waals surface area contributed by atoms with Crippen molar-refractivity contribution in [3.8, 4) is 0 Å². The van der Waals surface area contributed by atoms with Gasteiger partial charge in [0.1, 0.15) is 6.10 Å². The Kier molecular flexibility index (Phi) is 4.75. The number of aliphatic hydroxyl groups is 1. The third-order valence-electron chi connectivity index (χ3n) is 2.46. The molecule has 0 aliphatic heterocycles. The molecule has 0 aliphatic rings. The predicted octanol–water partition coefficient (Wildman–Crippen LogP) is 2.85. The highest BCUT2D eigenvalue weighted by atomic mass is 35.5. The fourth-order valence-corrected chi connectivity index (χ4v) is 1.93. The van der Waals surface area contributed by atoms with E-state index in [-0.39, 0.29) is 6.42 Å². The Hall–Kier alpha value is -0.390. The van der Waals surface area contributed by atoms with Gasteiger partial charge in [-0.1, -0.05) is 18.5 Å². The second-order valence-corrected chi connectivity index (χ2v) is 4.52. The molecule has 0 spiro atoms. The molecule has 0 fully saturated rings. The standard InChI is InChI=1S/C10H14Cl2F2N2O/c1-3-6-9(11)7(16(4-2)15-6)5-8(17)10(12,13)14/h8,17H,3-5H2,1-2H3. The van der Waals surface area contributed by atoms with Crippen LogP contribution < -0.4 is 0 Å². The second-order valence-electron chi connectivity index (χ2n) is 3.64. The van der Waals surface area contributed by atoms with E-state index in [1.807, 2.05) is 13.8 Å². The van der Waals surface area contributed by atoms with E-state index in [1.54, 1.807) is 0 Å². The summed E-state index contributed by atoms with van der Waals surface area (Å²) >= 11 is 10.8. The van der Waals surface area contributed by atoms with Gasteiger partial charge >= 0.3 is 5.38 Å². The topological polar surface area (TPSA) is 38.0 Å². The summed E-state index contributed by atoms with van der Waals surface area (Å²) in [5.74, 6) is 0. The van der Waals surface area contributed by atoms with Crippen molar-refractivity contribution in [3.05, 3.63) is 16.4 Å². The fraction of sp³-hybridized carbons (Fsp3) is 0.700. The highest BCUT2D eigenvalue weighted by Gasteiger charge is 2.37. The molecule has 1 atom stereocenters. The first-order valence-corrected chi connectivity index (χ1v) is 6.05. The Morgan fingerprint density at radius 2 is 2.06 bits per heavy atom. The molecule has 17 heavy (non-hydrogen) atoms. The van der Waals surface area contributed by atoms with Gasteiger partial charge in [-0.25, -0.2) is 0 Å². The van der Waals surface area contributed by atoms with Crippen LogP contribution in [0.2, 0.25) is 5.02 Å². The van der Waals surface area contributed by atoms with Crippen molar-refractivity contribution in [2.75, 3.05) is 0 Å². The molecule has 0 aliphatic carbocycles. The molecule has 0 saturated heterocycles. The Morgan fingerprint density at radius 1 is 1.47 bits per heavy atom. The van der Waals surface area contributed by atoms with E-state index < -0.39 is 11.5 Å². The largest absolute Gasteiger partial charge is 0.385 e. The summed E-state index contributed by atoms with van der Waals surface area (Å²) in [4.78, 5) is 0. The molecule has 1 aromatic heterocycles. The number of aromatic nitrogens is 2. The minimum Gasteiger partial charge on any atom is -0.385 e. The van der Waals surface area contributed by atoms with Crippen LogP contribution in [-0.2, 0) is 19.4 Å². The van der Waals surface area contributed by atoms with Gasteiger partial charge < -0.3 is 5.11 Å². The Balaban J connectivity index is 3.01. The molecule has 1 N–H and O–H groups in total. The normalized spacial score (nSPS) is 14.1. The molecule has 1 unspecified atom stereocenters. The lowest BCUT2D eigenvalue weighted by atomic mass is 10.2. The molecule has 7 heteroatoms. The lowest BCUT2D eigenvalue weighted by Crippen LogP contribution is -2.30. The van der Waals surface area contributed by atoms with Crippen LogP contribution in [0.4, 0.5) is 8.78 Å². The lowest BCUT2D eigenvalue weighted by molar-refractivity contribution is -0.0406. The molecular weight excluding hydrogens is 273 g/mol. The number of nitrogens with zero attached hydrogens (tertiary/aromatic N) is 2. The Labute approximate surface area is 108 Å². The van der Waals surface area contributed by atoms with Gasteiger partial charge in [-0.3, -0.25) is 4.68 Å². The Morgan fingerprint density at radius 3 is 2.47 bits per heavy atom. The highest BCUT2D eigenvalue weighted by Crippen LogP contribution is 2.29. The van der Waals surface area contributed by atoms with Crippen LogP contribution in [0.5, 0.6) is 0 Å². The molecule has 1 aromatic rings. The van der Waals surface area contributed by atoms with Crippen molar-refractivity contribution in [3.63, 3.8) is 0 Å². The van der Waals surface area contributed by atoms with Gasteiger partial charge in [0.15, 0.2) is 0 Å². The zero-order valence-corrected chi connectivity index (χ0v) is 11.1. The summed E-state index contributed by atoms with van der Waals surface area (Å²) in [5, 5.41) is 10.1. The minimum absolute atomic E-state index is 0.323. The maximum absolute atomic E-state index is 12.7. The minimum atomic E-state index is -3.67. The van der Waals surface area contributed by atoms with Gasteiger partial charge in [-0.05, 0) is 24.9 Å². The number of rotatable bonds is 5. The van der Waals surface area contributed by atoms with Crippen LogP contribution in [0.1, 0.15) is 25.2 Å². The second kappa shape index (κ2) is 5.50. The van der Waals surface area contributed by atoms with Crippen LogP contribution in [-0.4, -0.2) is 26.4 Å². The summed E-state index contributed by atoms with van der Waals surface area (Å²) in [6, 6.07) is 0. The van der Waals surface area contributed by atoms with Crippen LogP contribution in [0.25, 0.3) is 0 Å². The van der Waals surface area contributed by atoms with Gasteiger partial charge in [-0.15, -0.1) is 0 Å². The molecule has 3 nitrogen and oxygen atoms in total. The highest BCUT2D eigenvalue weighted by molar-refractivity contribution is 6.32. The number of alkyl halides is 3. The lowest BCUT2D eigenvalue weighted by Gasteiger charge is -2.16. The molecule has 0 amide bonds. The SMILES string of the molecule is CCc1nn(CC)c(CC(O)C(F)(F)Cl)c1Cl. The van der Waals surface area contributed by atoms with Crippen molar-refractivity contribution in [2.45, 2.75) is 44.7 Å². The number of aliphatic hydroxyl groups excluding tert-OH is 1. The molecule has 98 valence electrons. The van der Waals surface area contributed by atoms with Crippen LogP contribution >= 0.6 is 23.2 Å². The van der Waals surface area contributed by atoms with Gasteiger partial charge in [0.05, 0.1) is 16.4 Å². The molecule has 0 saturated carbocycles. The third-order valence-corrected chi connectivity index (χ3v) is 3.15. The number of hydrogen-bond acceptors (Lipinski definition) is 2. The van der Waals surface area contributed by atoms with Gasteiger partial charge in [0.2, 0.25) is 0 Å². The molecule has 0 aromatic carbocycles. The quantitative estimate of drug-likeness (QED) is 0.846. The van der Waals surface area contributed by atoms with E-state index in [4.69, 9.17) is 23.2 Å². The summed E-state index contributed by atoms with van der Waals surface area (Å²) in [6.45, 7) is 4.18. The van der Waals surface area contributed by atoms with Crippen molar-refractivity contribution in [1.29, 1.82) is 0 Å². The molecule has 0 bridgehead atoms. The number of aryl methyl sites for hydroxylation is 2. The van der Waals surface area contributed by atoms with Crippen molar-refractivity contribution in [2.24, 2.45) is 0 Å². The third kappa shape index (κ3) is 3.30. The van der Waals surface area contributed by atoms with Crippen LogP contribution in [0, 0.1) is 0 Å². The van der Waals surface area contributed by atoms with Crippen LogP contribution in [0.3, 0.4) is 0 Å². The summed E-state index contributed by atoms with van der Waals surface area (Å²) in [5.41, 5.74) is 1.02. The molecular formula is C10H14Cl2F2N2O. The summed E-state index contributed by atoms with van der Waals surface area (Å²) < 4.78 is 26.9. The van der Waals surface area contributed by atoms with E-state index in [0.29, 0.717) is 29.4 Å². The number of halogens is 4. The smallest absolute Gasteiger partial charge is 0.347 e. The van der Waals surface area contributed by atoms with Gasteiger partial charge in [0.25, 0.3) is 0 Å². The average Bonchev–Trinajstić information content (AvgIpc) is 2.54. The first kappa shape index (κ1) is 14.7. The van der Waals surface area contributed by atoms with Gasteiger partial charge in [0, 0.05) is 13.0 Å². The zero-order valence-electron chi connectivity index (χ0n) is 9.55. The maximum atomic E-state index is 12.7. The first-order chi connectivity index (χ1) is 7.81.